The first-order valence-corrected chi connectivity index (χ1v) is 13.3. The smallest absolute Gasteiger partial charge is 0.223 e. The lowest BCUT2D eigenvalue weighted by Crippen LogP contribution is -2.56. The van der Waals surface area contributed by atoms with Crippen molar-refractivity contribution < 1.29 is 24.5 Å². The van der Waals surface area contributed by atoms with Gasteiger partial charge in [-0.2, -0.15) is 0 Å². The van der Waals surface area contributed by atoms with Gasteiger partial charge in [0.05, 0.1) is 23.9 Å². The molecule has 1 aromatic rings. The van der Waals surface area contributed by atoms with Gasteiger partial charge in [-0.3, -0.25) is 5.21 Å². The van der Waals surface area contributed by atoms with Crippen LogP contribution >= 0.6 is 0 Å². The topological polar surface area (TPSA) is 61.9 Å². The number of aliphatic hydroxyl groups is 1. The minimum Gasteiger partial charge on any atom is -0.491 e. The number of hydrogen-bond donors (Lipinski definition) is 2. The normalized spacial score (nSPS) is 35.5. The van der Waals surface area contributed by atoms with Gasteiger partial charge in [0, 0.05) is 26.3 Å². The van der Waals surface area contributed by atoms with E-state index in [1.54, 1.807) is 6.21 Å². The van der Waals surface area contributed by atoms with Crippen molar-refractivity contribution in [1.82, 2.24) is 0 Å². The predicted octanol–water partition coefficient (Wildman–Crippen LogP) is 6.08. The van der Waals surface area contributed by atoms with E-state index in [9.17, 15) is 10.3 Å². The minimum absolute atomic E-state index is 0.0857. The SMILES string of the molecule is CC(CCCC1(C)CCC2C(C)C(O)C(C)C(C)C2O1)Oc1ccc(/C=[N+](/O)C(C)(C)C)cc1. The Kier molecular flexibility index (Phi) is 8.40. The van der Waals surface area contributed by atoms with Crippen LogP contribution in [0.3, 0.4) is 0 Å². The summed E-state index contributed by atoms with van der Waals surface area (Å²) >= 11 is 0. The van der Waals surface area contributed by atoms with Crippen molar-refractivity contribution in [3.63, 3.8) is 0 Å². The van der Waals surface area contributed by atoms with Crippen molar-refractivity contribution >= 4 is 6.21 Å². The zero-order valence-corrected chi connectivity index (χ0v) is 22.6. The zero-order chi connectivity index (χ0) is 25.3. The lowest BCUT2D eigenvalue weighted by molar-refractivity contribution is -0.816. The molecule has 0 spiro atoms. The Morgan fingerprint density at radius 3 is 2.41 bits per heavy atom. The fraction of sp³-hybridized carbons (Fsp3) is 0.759. The van der Waals surface area contributed by atoms with Gasteiger partial charge in [0.1, 0.15) is 5.75 Å². The average molecular weight is 475 g/mol. The van der Waals surface area contributed by atoms with Crippen LogP contribution in [0.1, 0.15) is 93.1 Å². The standard InChI is InChI=1S/C29H48NO4/c1-19(33-24-13-11-23(12-14-24)18-30(32)28(5,6)7)10-9-16-29(8)17-15-25-22(4)26(31)20(2)21(3)27(25)34-29/h11-14,18-22,25-27,31-32H,9-10,15-17H2,1-8H3/q+1/b30-18+. The summed E-state index contributed by atoms with van der Waals surface area (Å²) in [5, 5.41) is 20.7. The Bertz CT molecular complexity index is 830. The predicted molar refractivity (Wildman–Crippen MR) is 137 cm³/mol. The molecule has 3 rings (SSSR count). The molecule has 0 amide bonds. The summed E-state index contributed by atoms with van der Waals surface area (Å²) in [7, 11) is 0. The summed E-state index contributed by atoms with van der Waals surface area (Å²) in [6.07, 6.45) is 7.20. The van der Waals surface area contributed by atoms with Gasteiger partial charge in [0.25, 0.3) is 0 Å². The van der Waals surface area contributed by atoms with Crippen LogP contribution in [-0.4, -0.2) is 50.7 Å². The molecule has 0 radical (unpaired) electrons. The molecule has 0 aromatic heterocycles. The summed E-state index contributed by atoms with van der Waals surface area (Å²) in [5.41, 5.74) is 0.513. The van der Waals surface area contributed by atoms with Crippen LogP contribution < -0.4 is 4.74 Å². The lowest BCUT2D eigenvalue weighted by Gasteiger charge is -2.53. The number of rotatable bonds is 7. The van der Waals surface area contributed by atoms with Gasteiger partial charge in [0.2, 0.25) is 11.8 Å². The van der Waals surface area contributed by atoms with E-state index < -0.39 is 0 Å². The molecule has 2 aliphatic rings. The van der Waals surface area contributed by atoms with E-state index in [0.29, 0.717) is 17.8 Å². The molecule has 1 aliphatic heterocycles. The highest BCUT2D eigenvalue weighted by atomic mass is 16.5. The molecule has 0 bridgehead atoms. The van der Waals surface area contributed by atoms with Crippen molar-refractivity contribution in [2.45, 2.75) is 117 Å². The molecule has 5 heteroatoms. The molecule has 8 atom stereocenters. The van der Waals surface area contributed by atoms with Gasteiger partial charge in [-0.25, -0.2) is 0 Å². The van der Waals surface area contributed by atoms with Crippen molar-refractivity contribution in [2.75, 3.05) is 0 Å². The second kappa shape index (κ2) is 10.6. The molecule has 1 saturated heterocycles. The van der Waals surface area contributed by atoms with Crippen molar-refractivity contribution in [3.8, 4) is 5.75 Å². The van der Waals surface area contributed by atoms with Crippen LogP contribution in [0.5, 0.6) is 5.75 Å². The highest BCUT2D eigenvalue weighted by Crippen LogP contribution is 2.48. The molecule has 2 fully saturated rings. The Hall–Kier alpha value is -1.59. The zero-order valence-electron chi connectivity index (χ0n) is 22.6. The maximum absolute atomic E-state index is 10.6. The third-order valence-electron chi connectivity index (χ3n) is 8.44. The number of ether oxygens (including phenoxy) is 2. The average Bonchev–Trinajstić information content (AvgIpc) is 2.76. The van der Waals surface area contributed by atoms with Crippen LogP contribution in [0.15, 0.2) is 24.3 Å². The van der Waals surface area contributed by atoms with Crippen LogP contribution in [0, 0.1) is 23.7 Å². The fourth-order valence-corrected chi connectivity index (χ4v) is 5.72. The van der Waals surface area contributed by atoms with Gasteiger partial charge in [-0.1, -0.05) is 20.8 Å². The molecule has 1 heterocycles. The molecule has 8 unspecified atom stereocenters. The Morgan fingerprint density at radius 1 is 1.15 bits per heavy atom. The molecule has 34 heavy (non-hydrogen) atoms. The van der Waals surface area contributed by atoms with E-state index in [2.05, 4.69) is 34.6 Å². The summed E-state index contributed by atoms with van der Waals surface area (Å²) in [6.45, 7) is 16.9. The largest absolute Gasteiger partial charge is 0.491 e. The molecule has 1 aromatic carbocycles. The maximum Gasteiger partial charge on any atom is 0.223 e. The van der Waals surface area contributed by atoms with E-state index in [1.165, 1.54) is 4.74 Å². The second-order valence-electron chi connectivity index (χ2n) is 12.3. The lowest BCUT2D eigenvalue weighted by atomic mass is 9.63. The molecular formula is C29H48NO4+. The molecule has 1 saturated carbocycles. The fourth-order valence-electron chi connectivity index (χ4n) is 5.72. The van der Waals surface area contributed by atoms with Gasteiger partial charge in [-0.05, 0) is 98.6 Å². The van der Waals surface area contributed by atoms with Crippen LogP contribution in [-0.2, 0) is 4.74 Å². The van der Waals surface area contributed by atoms with Gasteiger partial charge in [-0.15, -0.1) is 0 Å². The maximum atomic E-state index is 10.6. The number of benzene rings is 1. The third kappa shape index (κ3) is 6.34. The summed E-state index contributed by atoms with van der Waals surface area (Å²) in [4.78, 5) is 0. The number of hydrogen-bond acceptors (Lipinski definition) is 4. The molecular weight excluding hydrogens is 426 g/mol. The van der Waals surface area contributed by atoms with Crippen molar-refractivity contribution in [2.24, 2.45) is 23.7 Å². The molecule has 2 N–H and O–H groups in total. The van der Waals surface area contributed by atoms with Gasteiger partial charge in [0.15, 0.2) is 0 Å². The number of nitrogens with zero attached hydrogens (tertiary/aromatic N) is 1. The van der Waals surface area contributed by atoms with Crippen molar-refractivity contribution in [3.05, 3.63) is 29.8 Å². The molecule has 5 nitrogen and oxygen atoms in total. The van der Waals surface area contributed by atoms with E-state index in [-0.39, 0.29) is 35.4 Å². The first kappa shape index (κ1) is 27.0. The first-order valence-electron chi connectivity index (χ1n) is 13.3. The van der Waals surface area contributed by atoms with Gasteiger partial charge >= 0.3 is 0 Å². The monoisotopic (exact) mass is 474 g/mol. The summed E-state index contributed by atoms with van der Waals surface area (Å²) in [6, 6.07) is 7.86. The van der Waals surface area contributed by atoms with Crippen LogP contribution in [0.2, 0.25) is 0 Å². The minimum atomic E-state index is -0.337. The molecule has 192 valence electrons. The van der Waals surface area contributed by atoms with Gasteiger partial charge < -0.3 is 14.6 Å². The third-order valence-corrected chi connectivity index (χ3v) is 8.44. The van der Waals surface area contributed by atoms with E-state index in [1.807, 2.05) is 45.0 Å². The van der Waals surface area contributed by atoms with E-state index in [4.69, 9.17) is 9.47 Å². The highest BCUT2D eigenvalue weighted by Gasteiger charge is 2.50. The summed E-state index contributed by atoms with van der Waals surface area (Å²) in [5.74, 6) is 2.31. The van der Waals surface area contributed by atoms with E-state index >= 15 is 0 Å². The first-order chi connectivity index (χ1) is 15.8. The Morgan fingerprint density at radius 2 is 1.79 bits per heavy atom. The molecule has 1 aliphatic carbocycles. The highest BCUT2D eigenvalue weighted by molar-refractivity contribution is 5.75. The Balaban J connectivity index is 1.48. The second-order valence-corrected chi connectivity index (χ2v) is 12.3. The van der Waals surface area contributed by atoms with Crippen LogP contribution in [0.25, 0.3) is 0 Å². The van der Waals surface area contributed by atoms with Crippen molar-refractivity contribution in [1.29, 1.82) is 0 Å². The Labute approximate surface area is 207 Å². The number of aliphatic hydroxyl groups excluding tert-OH is 1. The number of fused-ring (bicyclic) bond motifs is 1. The quantitative estimate of drug-likeness (QED) is 0.218. The summed E-state index contributed by atoms with van der Waals surface area (Å²) < 4.78 is 14.2. The van der Waals surface area contributed by atoms with E-state index in [0.717, 1.165) is 43.4 Å². The number of hydroxylamine groups is 1. The van der Waals surface area contributed by atoms with Crippen LogP contribution in [0.4, 0.5) is 0 Å².